The number of amides is 2. The number of nitrogens with one attached hydrogen (secondary N) is 2. The SMILES string of the molecule is CC(=O)Nc1ccc(OC(=O)Oc2c3n(ccc2=O)N[C@@H]2COCCN2C3=O)cc1. The van der Waals surface area contributed by atoms with Gasteiger partial charge in [0.1, 0.15) is 11.9 Å². The van der Waals surface area contributed by atoms with Gasteiger partial charge in [0, 0.05) is 31.4 Å². The lowest BCUT2D eigenvalue weighted by Gasteiger charge is -2.41. The number of carbonyl (C=O) groups excluding carboxylic acids is 3. The smallest absolute Gasteiger partial charge is 0.395 e. The van der Waals surface area contributed by atoms with E-state index < -0.39 is 23.2 Å². The number of hydrogen-bond donors (Lipinski definition) is 2. The third kappa shape index (κ3) is 3.82. The molecule has 0 aliphatic carbocycles. The van der Waals surface area contributed by atoms with E-state index in [9.17, 15) is 19.2 Å². The zero-order chi connectivity index (χ0) is 21.3. The van der Waals surface area contributed by atoms with Crippen LogP contribution in [0, 0.1) is 0 Å². The van der Waals surface area contributed by atoms with E-state index in [1.165, 1.54) is 53.0 Å². The largest absolute Gasteiger partial charge is 0.519 e. The number of nitrogens with zero attached hydrogens (tertiary/aromatic N) is 2. The number of carbonyl (C=O) groups is 3. The quantitative estimate of drug-likeness (QED) is 0.556. The molecule has 2 amide bonds. The summed E-state index contributed by atoms with van der Waals surface area (Å²) < 4.78 is 16.9. The zero-order valence-electron chi connectivity index (χ0n) is 15.9. The number of hydrogen-bond acceptors (Lipinski definition) is 8. The van der Waals surface area contributed by atoms with Gasteiger partial charge < -0.3 is 29.9 Å². The maximum Gasteiger partial charge on any atom is 0.519 e. The highest BCUT2D eigenvalue weighted by atomic mass is 16.7. The van der Waals surface area contributed by atoms with Crippen molar-refractivity contribution in [2.24, 2.45) is 0 Å². The summed E-state index contributed by atoms with van der Waals surface area (Å²) in [5.41, 5.74) is 2.82. The Hall–Kier alpha value is -3.86. The molecule has 11 heteroatoms. The van der Waals surface area contributed by atoms with Gasteiger partial charge in [-0.1, -0.05) is 0 Å². The van der Waals surface area contributed by atoms with Crippen molar-refractivity contribution in [1.82, 2.24) is 9.58 Å². The predicted octanol–water partition coefficient (Wildman–Crippen LogP) is 0.740. The lowest BCUT2D eigenvalue weighted by atomic mass is 10.2. The first-order chi connectivity index (χ1) is 14.4. The molecule has 0 spiro atoms. The molecule has 0 saturated carbocycles. The summed E-state index contributed by atoms with van der Waals surface area (Å²) in [4.78, 5) is 50.0. The summed E-state index contributed by atoms with van der Waals surface area (Å²) in [7, 11) is 0. The molecule has 1 fully saturated rings. The van der Waals surface area contributed by atoms with Gasteiger partial charge in [-0.2, -0.15) is 0 Å². The number of pyridine rings is 1. The maximum atomic E-state index is 12.9. The van der Waals surface area contributed by atoms with Crippen molar-refractivity contribution in [3.05, 3.63) is 52.4 Å². The van der Waals surface area contributed by atoms with Crippen LogP contribution >= 0.6 is 0 Å². The molecule has 11 nitrogen and oxygen atoms in total. The van der Waals surface area contributed by atoms with E-state index >= 15 is 0 Å². The van der Waals surface area contributed by atoms with Crippen molar-refractivity contribution in [2.75, 3.05) is 30.5 Å². The average molecular weight is 414 g/mol. The van der Waals surface area contributed by atoms with Crippen LogP contribution in [0.15, 0.2) is 41.3 Å². The van der Waals surface area contributed by atoms with Gasteiger partial charge in [0.15, 0.2) is 5.69 Å². The Morgan fingerprint density at radius 3 is 2.67 bits per heavy atom. The molecule has 4 rings (SSSR count). The van der Waals surface area contributed by atoms with Crippen LogP contribution in [0.2, 0.25) is 0 Å². The van der Waals surface area contributed by atoms with Crippen LogP contribution in [0.25, 0.3) is 0 Å². The minimum absolute atomic E-state index is 0.0985. The van der Waals surface area contributed by atoms with E-state index in [-0.39, 0.29) is 23.5 Å². The summed E-state index contributed by atoms with van der Waals surface area (Å²) in [6.07, 6.45) is -0.172. The van der Waals surface area contributed by atoms with E-state index in [0.717, 1.165) is 0 Å². The van der Waals surface area contributed by atoms with Crippen LogP contribution in [0.3, 0.4) is 0 Å². The molecule has 1 aromatic heterocycles. The fraction of sp³-hybridized carbons (Fsp3) is 0.263. The molecule has 156 valence electrons. The summed E-state index contributed by atoms with van der Waals surface area (Å²) in [6.45, 7) is 2.37. The summed E-state index contributed by atoms with van der Waals surface area (Å²) in [6, 6.07) is 7.15. The van der Waals surface area contributed by atoms with Crippen molar-refractivity contribution in [1.29, 1.82) is 0 Å². The molecular formula is C19H18N4O7. The molecule has 2 aromatic rings. The fourth-order valence-corrected chi connectivity index (χ4v) is 3.19. The van der Waals surface area contributed by atoms with E-state index in [0.29, 0.717) is 25.4 Å². The van der Waals surface area contributed by atoms with Gasteiger partial charge in [-0.15, -0.1) is 0 Å². The van der Waals surface area contributed by atoms with E-state index in [2.05, 4.69) is 10.7 Å². The molecule has 30 heavy (non-hydrogen) atoms. The molecular weight excluding hydrogens is 396 g/mol. The molecule has 2 N–H and O–H groups in total. The topological polar surface area (TPSA) is 128 Å². The molecule has 1 atom stereocenters. The van der Waals surface area contributed by atoms with E-state index in [4.69, 9.17) is 14.2 Å². The minimum atomic E-state index is -1.18. The van der Waals surface area contributed by atoms with Crippen molar-refractivity contribution < 1.29 is 28.6 Å². The van der Waals surface area contributed by atoms with Crippen LogP contribution in [0.4, 0.5) is 10.5 Å². The molecule has 2 aliphatic heterocycles. The van der Waals surface area contributed by atoms with Crippen molar-refractivity contribution >= 4 is 23.7 Å². The van der Waals surface area contributed by atoms with E-state index in [1.807, 2.05) is 0 Å². The average Bonchev–Trinajstić information content (AvgIpc) is 2.71. The van der Waals surface area contributed by atoms with Crippen LogP contribution < -0.4 is 25.6 Å². The number of anilines is 1. The van der Waals surface area contributed by atoms with Crippen molar-refractivity contribution in [3.63, 3.8) is 0 Å². The second-order valence-corrected chi connectivity index (χ2v) is 6.61. The zero-order valence-corrected chi connectivity index (χ0v) is 15.9. The number of benzene rings is 1. The Labute approximate surface area is 170 Å². The lowest BCUT2D eigenvalue weighted by Crippen LogP contribution is -2.59. The monoisotopic (exact) mass is 414 g/mol. The van der Waals surface area contributed by atoms with Crippen LogP contribution in [-0.2, 0) is 9.53 Å². The highest BCUT2D eigenvalue weighted by Crippen LogP contribution is 2.23. The third-order valence-electron chi connectivity index (χ3n) is 4.50. The lowest BCUT2D eigenvalue weighted by molar-refractivity contribution is -0.114. The second kappa shape index (κ2) is 7.87. The van der Waals surface area contributed by atoms with Gasteiger partial charge in [0.05, 0.1) is 13.2 Å². The van der Waals surface area contributed by atoms with Gasteiger partial charge in [-0.3, -0.25) is 19.1 Å². The number of fused-ring (bicyclic) bond motifs is 2. The van der Waals surface area contributed by atoms with Crippen LogP contribution in [-0.4, -0.2) is 53.5 Å². The highest BCUT2D eigenvalue weighted by molar-refractivity contribution is 5.97. The molecule has 0 radical (unpaired) electrons. The van der Waals surface area contributed by atoms with Crippen molar-refractivity contribution in [2.45, 2.75) is 13.1 Å². The molecule has 1 saturated heterocycles. The summed E-state index contributed by atoms with van der Waals surface area (Å²) in [5, 5.41) is 2.58. The number of rotatable bonds is 3. The molecule has 0 bridgehead atoms. The Morgan fingerprint density at radius 2 is 1.93 bits per heavy atom. The highest BCUT2D eigenvalue weighted by Gasteiger charge is 2.37. The van der Waals surface area contributed by atoms with Crippen molar-refractivity contribution in [3.8, 4) is 11.5 Å². The molecule has 3 heterocycles. The van der Waals surface area contributed by atoms with Gasteiger partial charge in [0.25, 0.3) is 5.91 Å². The molecule has 0 unspecified atom stereocenters. The summed E-state index contributed by atoms with van der Waals surface area (Å²) in [5.74, 6) is -0.989. The second-order valence-electron chi connectivity index (χ2n) is 6.61. The number of morpholine rings is 1. The Balaban J connectivity index is 1.53. The standard InChI is InChI=1S/C19H18N4O7/c1-11(24)20-12-2-4-13(5-3-12)29-19(27)30-17-14(25)6-7-23-16(17)18(26)22-8-9-28-10-15(22)21-23/h2-7,15,21H,8-10H2,1H3,(H,20,24)/t15-/m0/s1. The van der Waals surface area contributed by atoms with Crippen LogP contribution in [0.5, 0.6) is 11.5 Å². The fourth-order valence-electron chi connectivity index (χ4n) is 3.19. The normalized spacial score (nSPS) is 17.3. The maximum absolute atomic E-state index is 12.9. The van der Waals surface area contributed by atoms with Gasteiger partial charge in [-0.05, 0) is 24.3 Å². The number of ether oxygens (including phenoxy) is 3. The minimum Gasteiger partial charge on any atom is -0.395 e. The Morgan fingerprint density at radius 1 is 1.17 bits per heavy atom. The summed E-state index contributed by atoms with van der Waals surface area (Å²) >= 11 is 0. The Kier molecular flexibility index (Phi) is 5.11. The first-order valence-corrected chi connectivity index (χ1v) is 9.10. The van der Waals surface area contributed by atoms with Gasteiger partial charge in [0.2, 0.25) is 17.1 Å². The van der Waals surface area contributed by atoms with E-state index in [1.54, 1.807) is 0 Å². The first-order valence-electron chi connectivity index (χ1n) is 9.10. The number of aromatic nitrogens is 1. The van der Waals surface area contributed by atoms with Gasteiger partial charge in [-0.25, -0.2) is 4.79 Å². The first kappa shape index (κ1) is 19.5. The van der Waals surface area contributed by atoms with Gasteiger partial charge >= 0.3 is 6.16 Å². The predicted molar refractivity (Wildman–Crippen MR) is 103 cm³/mol. The van der Waals surface area contributed by atoms with Crippen LogP contribution in [0.1, 0.15) is 17.4 Å². The Bertz CT molecular complexity index is 1060. The molecule has 2 aliphatic rings. The molecule has 1 aromatic carbocycles. The third-order valence-corrected chi connectivity index (χ3v) is 4.50.